The molecule has 158 valence electrons. The average molecular weight is 422 g/mol. The van der Waals surface area contributed by atoms with Gasteiger partial charge < -0.3 is 14.2 Å². The first-order valence-electron chi connectivity index (χ1n) is 8.38. The molecule has 0 bridgehead atoms. The highest BCUT2D eigenvalue weighted by Crippen LogP contribution is 2.45. The lowest BCUT2D eigenvalue weighted by Gasteiger charge is -2.25. The zero-order chi connectivity index (χ0) is 21.8. The summed E-state index contributed by atoms with van der Waals surface area (Å²) in [5.41, 5.74) is -5.19. The predicted molar refractivity (Wildman–Crippen MR) is 89.9 cm³/mol. The molecular weight excluding hydrogens is 406 g/mol. The van der Waals surface area contributed by atoms with E-state index in [9.17, 15) is 31.1 Å². The SMILES string of the molecule is CCOC(=O)C1=C(OCC)OC(c2ccccc2)=CC1=C(C(F)(F)F)C(F)(F)F. The van der Waals surface area contributed by atoms with E-state index >= 15 is 0 Å². The van der Waals surface area contributed by atoms with Gasteiger partial charge >= 0.3 is 18.3 Å². The van der Waals surface area contributed by atoms with Crippen LogP contribution in [0.2, 0.25) is 0 Å². The second-order valence-corrected chi connectivity index (χ2v) is 5.58. The quantitative estimate of drug-likeness (QED) is 0.478. The Hall–Kier alpha value is -2.91. The molecule has 10 heteroatoms. The fraction of sp³-hybridized carbons (Fsp3) is 0.316. The standard InChI is InChI=1S/C19H16F6O4/c1-3-27-16(26)14-12(15(18(20,21)22)19(23,24)25)10-13(29-17(14)28-4-2)11-8-6-5-7-9-11/h5-10H,3-4H2,1-2H3. The van der Waals surface area contributed by atoms with Crippen LogP contribution >= 0.6 is 0 Å². The third kappa shape index (κ3) is 5.12. The van der Waals surface area contributed by atoms with Gasteiger partial charge in [-0.1, -0.05) is 30.3 Å². The predicted octanol–water partition coefficient (Wildman–Crippen LogP) is 5.29. The van der Waals surface area contributed by atoms with Gasteiger partial charge in [0.2, 0.25) is 0 Å². The first-order chi connectivity index (χ1) is 13.5. The number of benzene rings is 1. The minimum absolute atomic E-state index is 0.180. The van der Waals surface area contributed by atoms with Gasteiger partial charge in [-0.25, -0.2) is 4.79 Å². The molecule has 2 rings (SSSR count). The minimum atomic E-state index is -5.81. The van der Waals surface area contributed by atoms with Crippen LogP contribution in [0.25, 0.3) is 5.76 Å². The minimum Gasteiger partial charge on any atom is -0.465 e. The van der Waals surface area contributed by atoms with Crippen molar-refractivity contribution < 1.29 is 45.3 Å². The van der Waals surface area contributed by atoms with Crippen LogP contribution < -0.4 is 0 Å². The summed E-state index contributed by atoms with van der Waals surface area (Å²) in [5.74, 6) is -2.57. The van der Waals surface area contributed by atoms with Crippen LogP contribution in [-0.4, -0.2) is 31.5 Å². The van der Waals surface area contributed by atoms with Crippen molar-refractivity contribution >= 4 is 11.7 Å². The maximum Gasteiger partial charge on any atom is 0.421 e. The molecule has 0 aliphatic carbocycles. The molecule has 0 saturated heterocycles. The number of esters is 1. The maximum atomic E-state index is 13.4. The first kappa shape index (κ1) is 22.4. The van der Waals surface area contributed by atoms with Gasteiger partial charge in [0.1, 0.15) is 16.9 Å². The zero-order valence-electron chi connectivity index (χ0n) is 15.3. The molecule has 29 heavy (non-hydrogen) atoms. The monoisotopic (exact) mass is 422 g/mol. The van der Waals surface area contributed by atoms with E-state index in [1.54, 1.807) is 6.07 Å². The van der Waals surface area contributed by atoms with Crippen LogP contribution in [0.3, 0.4) is 0 Å². The van der Waals surface area contributed by atoms with Crippen molar-refractivity contribution in [3.63, 3.8) is 0 Å². The van der Waals surface area contributed by atoms with E-state index in [-0.39, 0.29) is 24.5 Å². The summed E-state index contributed by atoms with van der Waals surface area (Å²) in [5, 5.41) is 0. The molecule has 0 atom stereocenters. The van der Waals surface area contributed by atoms with Crippen molar-refractivity contribution in [3.8, 4) is 0 Å². The van der Waals surface area contributed by atoms with Gasteiger partial charge in [-0.15, -0.1) is 0 Å². The van der Waals surface area contributed by atoms with E-state index in [2.05, 4.69) is 4.74 Å². The molecule has 0 amide bonds. The molecule has 0 saturated carbocycles. The van der Waals surface area contributed by atoms with E-state index < -0.39 is 41.0 Å². The topological polar surface area (TPSA) is 44.8 Å². The van der Waals surface area contributed by atoms with Crippen LogP contribution in [0.1, 0.15) is 19.4 Å². The fourth-order valence-electron chi connectivity index (χ4n) is 2.53. The maximum absolute atomic E-state index is 13.4. The Bertz CT molecular complexity index is 832. The molecule has 0 spiro atoms. The normalized spacial score (nSPS) is 14.9. The number of carbonyl (C=O) groups is 1. The molecule has 1 aromatic rings. The molecule has 0 fully saturated rings. The van der Waals surface area contributed by atoms with E-state index in [1.165, 1.54) is 38.1 Å². The molecule has 0 aromatic heterocycles. The van der Waals surface area contributed by atoms with Gasteiger partial charge in [0.15, 0.2) is 0 Å². The second-order valence-electron chi connectivity index (χ2n) is 5.58. The Balaban J connectivity index is 2.87. The van der Waals surface area contributed by atoms with Gasteiger partial charge in [0, 0.05) is 11.1 Å². The van der Waals surface area contributed by atoms with Gasteiger partial charge in [-0.05, 0) is 19.9 Å². The van der Waals surface area contributed by atoms with E-state index in [0.717, 1.165) is 0 Å². The first-order valence-corrected chi connectivity index (χ1v) is 8.38. The number of hydrogen-bond acceptors (Lipinski definition) is 4. The Morgan fingerprint density at radius 3 is 2.03 bits per heavy atom. The van der Waals surface area contributed by atoms with Gasteiger partial charge in [-0.2, -0.15) is 26.3 Å². The van der Waals surface area contributed by atoms with Crippen molar-refractivity contribution in [1.29, 1.82) is 0 Å². The van der Waals surface area contributed by atoms with Crippen molar-refractivity contribution in [1.82, 2.24) is 0 Å². The summed E-state index contributed by atoms with van der Waals surface area (Å²) < 4.78 is 95.5. The lowest BCUT2D eigenvalue weighted by Crippen LogP contribution is -2.30. The van der Waals surface area contributed by atoms with Crippen LogP contribution in [0.15, 0.2) is 59.1 Å². The van der Waals surface area contributed by atoms with Gasteiger partial charge in [0.05, 0.1) is 13.2 Å². The van der Waals surface area contributed by atoms with E-state index in [4.69, 9.17) is 9.47 Å². The molecule has 1 aliphatic rings. The second kappa shape index (κ2) is 8.62. The number of hydrogen-bond donors (Lipinski definition) is 0. The Kier molecular flexibility index (Phi) is 6.66. The highest BCUT2D eigenvalue weighted by atomic mass is 19.4. The highest BCUT2D eigenvalue weighted by molar-refractivity contribution is 5.97. The smallest absolute Gasteiger partial charge is 0.421 e. The third-order valence-corrected chi connectivity index (χ3v) is 3.60. The Labute approximate surface area is 162 Å². The van der Waals surface area contributed by atoms with Crippen LogP contribution in [0.5, 0.6) is 0 Å². The van der Waals surface area contributed by atoms with Crippen molar-refractivity contribution in [3.05, 3.63) is 64.6 Å². The van der Waals surface area contributed by atoms with Gasteiger partial charge in [0.25, 0.3) is 5.95 Å². The fourth-order valence-corrected chi connectivity index (χ4v) is 2.53. The molecule has 1 aliphatic heterocycles. The average Bonchev–Trinajstić information content (AvgIpc) is 2.60. The highest BCUT2D eigenvalue weighted by Gasteiger charge is 2.54. The molecule has 1 heterocycles. The number of halogens is 6. The zero-order valence-corrected chi connectivity index (χ0v) is 15.3. The van der Waals surface area contributed by atoms with Crippen molar-refractivity contribution in [2.45, 2.75) is 26.2 Å². The van der Waals surface area contributed by atoms with E-state index in [1.807, 2.05) is 0 Å². The summed E-state index contributed by atoms with van der Waals surface area (Å²) in [6.45, 7) is 2.32. The van der Waals surface area contributed by atoms with E-state index in [0.29, 0.717) is 6.08 Å². The number of ether oxygens (including phenoxy) is 3. The number of allylic oxidation sites excluding steroid dienone is 2. The summed E-state index contributed by atoms with van der Waals surface area (Å²) in [6, 6.07) is 7.47. The Morgan fingerprint density at radius 1 is 0.966 bits per heavy atom. The largest absolute Gasteiger partial charge is 0.465 e. The van der Waals surface area contributed by atoms with Crippen LogP contribution in [0.4, 0.5) is 26.3 Å². The van der Waals surface area contributed by atoms with Crippen molar-refractivity contribution in [2.75, 3.05) is 13.2 Å². The van der Waals surface area contributed by atoms with Gasteiger partial charge in [-0.3, -0.25) is 0 Å². The number of alkyl halides is 6. The van der Waals surface area contributed by atoms with Crippen molar-refractivity contribution in [2.24, 2.45) is 0 Å². The Morgan fingerprint density at radius 2 is 1.55 bits per heavy atom. The summed E-state index contributed by atoms with van der Waals surface area (Å²) in [4.78, 5) is 12.3. The molecular formula is C19H16F6O4. The van der Waals surface area contributed by atoms with Crippen LogP contribution in [0, 0.1) is 0 Å². The third-order valence-electron chi connectivity index (χ3n) is 3.60. The lowest BCUT2D eigenvalue weighted by molar-refractivity contribution is -0.172. The molecule has 1 aromatic carbocycles. The summed E-state index contributed by atoms with van der Waals surface area (Å²) >= 11 is 0. The summed E-state index contributed by atoms with van der Waals surface area (Å²) in [7, 11) is 0. The molecule has 4 nitrogen and oxygen atoms in total. The number of carbonyl (C=O) groups excluding carboxylic acids is 1. The number of rotatable bonds is 5. The van der Waals surface area contributed by atoms with Crippen LogP contribution in [-0.2, 0) is 19.0 Å². The summed E-state index contributed by atoms with van der Waals surface area (Å²) in [6.07, 6.45) is -11.1. The molecule has 0 N–H and O–H groups in total. The lowest BCUT2D eigenvalue weighted by atomic mass is 9.95. The molecule has 0 radical (unpaired) electrons. The molecule has 0 unspecified atom stereocenters.